The van der Waals surface area contributed by atoms with Crippen molar-refractivity contribution in [2.24, 2.45) is 0 Å². The van der Waals surface area contributed by atoms with E-state index in [1.54, 1.807) is 0 Å². The highest BCUT2D eigenvalue weighted by Crippen LogP contribution is 2.10. The molecule has 0 bridgehead atoms. The minimum atomic E-state index is -0.536. The molecule has 1 N–H and O–H groups in total. The van der Waals surface area contributed by atoms with Crippen molar-refractivity contribution in [3.05, 3.63) is 16.4 Å². The van der Waals surface area contributed by atoms with Crippen LogP contribution in [0.5, 0.6) is 0 Å². The molecule has 1 rings (SSSR count). The molecule has 0 aliphatic heterocycles. The van der Waals surface area contributed by atoms with Crippen molar-refractivity contribution in [2.45, 2.75) is 4.90 Å². The van der Waals surface area contributed by atoms with Crippen molar-refractivity contribution >= 4 is 30.8 Å². The number of rotatable bonds is 1. The summed E-state index contributed by atoms with van der Waals surface area (Å²) in [6.45, 7) is 0. The first-order valence-corrected chi connectivity index (χ1v) is 3.87. The van der Waals surface area contributed by atoms with Crippen LogP contribution < -0.4 is 0 Å². The Morgan fingerprint density at radius 2 is 2.50 bits per heavy atom. The largest absolute Gasteiger partial charge is 0.464 e. The third-order valence-corrected chi connectivity index (χ3v) is 1.72. The molecule has 0 unspecified atom stereocenters. The van der Waals surface area contributed by atoms with Gasteiger partial charge in [-0.05, 0) is 6.07 Å². The molecule has 0 fully saturated rings. The Bertz CT molecular complexity index is 361. The highest BCUT2D eigenvalue weighted by molar-refractivity contribution is 7.80. The number of aromatic amines is 1. The average molecular weight is 202 g/mol. The van der Waals surface area contributed by atoms with Crippen LogP contribution in [0, 0.1) is 4.64 Å². The third kappa shape index (κ3) is 1.83. The van der Waals surface area contributed by atoms with Gasteiger partial charge in [-0.15, -0.1) is 12.6 Å². The number of aromatic nitrogens is 2. The van der Waals surface area contributed by atoms with E-state index in [9.17, 15) is 4.79 Å². The van der Waals surface area contributed by atoms with Crippen LogP contribution in [0.2, 0.25) is 0 Å². The molecule has 0 amide bonds. The van der Waals surface area contributed by atoms with Crippen LogP contribution in [0.15, 0.2) is 11.0 Å². The number of methoxy groups -OCH3 is 1. The third-order valence-electron chi connectivity index (χ3n) is 1.17. The summed E-state index contributed by atoms with van der Waals surface area (Å²) in [6, 6.07) is 1.53. The highest BCUT2D eigenvalue weighted by Gasteiger charge is 2.10. The predicted octanol–water partition coefficient (Wildman–Crippen LogP) is 1.21. The molecule has 4 nitrogen and oxygen atoms in total. The van der Waals surface area contributed by atoms with Crippen LogP contribution in [-0.2, 0) is 4.74 Å². The Labute approximate surface area is 79.4 Å². The van der Waals surface area contributed by atoms with E-state index in [0.717, 1.165) is 0 Å². The van der Waals surface area contributed by atoms with Crippen LogP contribution >= 0.6 is 24.8 Å². The van der Waals surface area contributed by atoms with E-state index >= 15 is 0 Å². The molecule has 0 aromatic carbocycles. The number of H-pyrrole nitrogens is 1. The molecule has 0 saturated carbocycles. The molecule has 0 aliphatic rings. The zero-order valence-electron chi connectivity index (χ0n) is 6.20. The van der Waals surface area contributed by atoms with E-state index in [4.69, 9.17) is 12.2 Å². The monoisotopic (exact) mass is 202 g/mol. The molecule has 1 aromatic rings. The highest BCUT2D eigenvalue weighted by atomic mass is 32.1. The summed E-state index contributed by atoms with van der Waals surface area (Å²) >= 11 is 8.77. The molecule has 0 atom stereocenters. The number of ether oxygens (including phenoxy) is 1. The number of hydrogen-bond donors (Lipinski definition) is 2. The second kappa shape index (κ2) is 3.68. The van der Waals surface area contributed by atoms with Gasteiger partial charge in [0, 0.05) is 4.90 Å². The molecule has 6 heteroatoms. The average Bonchev–Trinajstić information content (AvgIpc) is 2.03. The molecular formula is C6H6N2O2S2. The summed E-state index contributed by atoms with van der Waals surface area (Å²) in [5.74, 6) is -0.536. The van der Waals surface area contributed by atoms with E-state index < -0.39 is 5.97 Å². The van der Waals surface area contributed by atoms with E-state index in [2.05, 4.69) is 27.6 Å². The Hall–Kier alpha value is -0.880. The van der Waals surface area contributed by atoms with Crippen LogP contribution in [-0.4, -0.2) is 23.3 Å². The fraction of sp³-hybridized carbons (Fsp3) is 0.167. The second-order valence-corrected chi connectivity index (χ2v) is 2.88. The molecule has 1 aromatic heterocycles. The first-order chi connectivity index (χ1) is 5.65. The van der Waals surface area contributed by atoms with Crippen molar-refractivity contribution in [3.8, 4) is 0 Å². The first kappa shape index (κ1) is 9.21. The van der Waals surface area contributed by atoms with Gasteiger partial charge in [-0.1, -0.05) is 12.2 Å². The summed E-state index contributed by atoms with van der Waals surface area (Å²) in [5.41, 5.74) is 0.134. The van der Waals surface area contributed by atoms with E-state index in [-0.39, 0.29) is 5.69 Å². The zero-order valence-corrected chi connectivity index (χ0v) is 7.91. The van der Waals surface area contributed by atoms with Gasteiger partial charge >= 0.3 is 5.97 Å². The standard InChI is InChI=1S/C6H6N2O2S2/c1-10-6(9)5-3(11)2-4(12)7-8-5/h2H,1H3,(H2,7,11,12). The van der Waals surface area contributed by atoms with Crippen molar-refractivity contribution in [3.63, 3.8) is 0 Å². The summed E-state index contributed by atoms with van der Waals surface area (Å²) in [6.07, 6.45) is 0. The van der Waals surface area contributed by atoms with Gasteiger partial charge in [-0.25, -0.2) is 4.79 Å². The lowest BCUT2D eigenvalue weighted by atomic mass is 10.4. The van der Waals surface area contributed by atoms with Crippen LogP contribution in [0.25, 0.3) is 0 Å². The molecule has 64 valence electrons. The van der Waals surface area contributed by atoms with E-state index in [0.29, 0.717) is 9.54 Å². The van der Waals surface area contributed by atoms with Crippen LogP contribution in [0.4, 0.5) is 0 Å². The molecule has 0 spiro atoms. The molecule has 1 heterocycles. The topological polar surface area (TPSA) is 55.0 Å². The quantitative estimate of drug-likeness (QED) is 0.408. The van der Waals surface area contributed by atoms with Gasteiger partial charge in [0.1, 0.15) is 4.64 Å². The zero-order chi connectivity index (χ0) is 9.14. The molecule has 0 saturated heterocycles. The number of nitrogens with one attached hydrogen (secondary N) is 1. The Morgan fingerprint density at radius 1 is 1.83 bits per heavy atom. The van der Waals surface area contributed by atoms with Crippen molar-refractivity contribution in [1.29, 1.82) is 0 Å². The van der Waals surface area contributed by atoms with Gasteiger partial charge in [0.05, 0.1) is 7.11 Å². The number of esters is 1. The van der Waals surface area contributed by atoms with Crippen molar-refractivity contribution in [1.82, 2.24) is 10.2 Å². The lowest BCUT2D eigenvalue weighted by molar-refractivity contribution is 0.0588. The second-order valence-electron chi connectivity index (χ2n) is 1.96. The van der Waals surface area contributed by atoms with Gasteiger partial charge < -0.3 is 4.74 Å². The number of carbonyl (C=O) groups is 1. The molecule has 0 aliphatic carbocycles. The maximum Gasteiger partial charge on any atom is 0.359 e. The summed E-state index contributed by atoms with van der Waals surface area (Å²) in [7, 11) is 1.28. The summed E-state index contributed by atoms with van der Waals surface area (Å²) < 4.78 is 4.88. The fourth-order valence-corrected chi connectivity index (χ4v) is 1.16. The minimum absolute atomic E-state index is 0.134. The Kier molecular flexibility index (Phi) is 2.83. The van der Waals surface area contributed by atoms with Crippen LogP contribution in [0.1, 0.15) is 10.5 Å². The van der Waals surface area contributed by atoms with E-state index in [1.165, 1.54) is 13.2 Å². The maximum atomic E-state index is 11.0. The SMILES string of the molecule is COC(=O)c1n[nH]c(=S)cc1S. The van der Waals surface area contributed by atoms with Gasteiger partial charge in [-0.2, -0.15) is 5.10 Å². The van der Waals surface area contributed by atoms with Gasteiger partial charge in [0.25, 0.3) is 0 Å². The first-order valence-electron chi connectivity index (χ1n) is 3.02. The number of thiol groups is 1. The van der Waals surface area contributed by atoms with Crippen molar-refractivity contribution < 1.29 is 9.53 Å². The van der Waals surface area contributed by atoms with Gasteiger partial charge in [0.2, 0.25) is 0 Å². The van der Waals surface area contributed by atoms with Gasteiger partial charge in [-0.3, -0.25) is 5.10 Å². The van der Waals surface area contributed by atoms with Crippen LogP contribution in [0.3, 0.4) is 0 Å². The molecule has 0 radical (unpaired) electrons. The number of nitrogens with zero attached hydrogens (tertiary/aromatic N) is 1. The summed E-state index contributed by atoms with van der Waals surface area (Å²) in [4.78, 5) is 11.4. The Balaban J connectivity index is 3.18. The molecular weight excluding hydrogens is 196 g/mol. The number of carbonyl (C=O) groups excluding carboxylic acids is 1. The van der Waals surface area contributed by atoms with Gasteiger partial charge in [0.15, 0.2) is 5.69 Å². The minimum Gasteiger partial charge on any atom is -0.464 e. The number of hydrogen-bond acceptors (Lipinski definition) is 5. The smallest absolute Gasteiger partial charge is 0.359 e. The maximum absolute atomic E-state index is 11.0. The van der Waals surface area contributed by atoms with E-state index in [1.807, 2.05) is 0 Å². The molecule has 12 heavy (non-hydrogen) atoms. The predicted molar refractivity (Wildman–Crippen MR) is 48.0 cm³/mol. The lowest BCUT2D eigenvalue weighted by Crippen LogP contribution is -2.06. The Morgan fingerprint density at radius 3 is 3.00 bits per heavy atom. The fourth-order valence-electron chi connectivity index (χ4n) is 0.640. The normalized spacial score (nSPS) is 9.50. The van der Waals surface area contributed by atoms with Crippen molar-refractivity contribution in [2.75, 3.05) is 7.11 Å². The summed E-state index contributed by atoms with van der Waals surface area (Å²) in [5, 5.41) is 6.14. The lowest BCUT2D eigenvalue weighted by Gasteiger charge is -1.99.